The Morgan fingerprint density at radius 3 is 2.92 bits per heavy atom. The summed E-state index contributed by atoms with van der Waals surface area (Å²) in [5.41, 5.74) is 1.43. The van der Waals surface area contributed by atoms with Crippen molar-refractivity contribution in [3.63, 3.8) is 0 Å². The van der Waals surface area contributed by atoms with Gasteiger partial charge in [0.25, 0.3) is 5.91 Å². The minimum Gasteiger partial charge on any atom is -0.467 e. The Kier molecular flexibility index (Phi) is 4.03. The van der Waals surface area contributed by atoms with Gasteiger partial charge in [-0.25, -0.2) is 9.67 Å². The molecule has 0 unspecified atom stereocenters. The molecule has 0 aromatic carbocycles. The molecule has 0 spiro atoms. The first-order chi connectivity index (χ1) is 12.1. The van der Waals surface area contributed by atoms with Gasteiger partial charge in [0.1, 0.15) is 5.76 Å². The first kappa shape index (κ1) is 15.9. The van der Waals surface area contributed by atoms with Crippen LogP contribution in [0.4, 0.5) is 0 Å². The minimum absolute atomic E-state index is 0.00455. The van der Waals surface area contributed by atoms with Gasteiger partial charge in [-0.1, -0.05) is 13.8 Å². The zero-order chi connectivity index (χ0) is 17.4. The number of hydrogen-bond donors (Lipinski definition) is 0. The van der Waals surface area contributed by atoms with E-state index in [1.54, 1.807) is 18.7 Å². The smallest absolute Gasteiger partial charge is 0.256 e. The van der Waals surface area contributed by atoms with Crippen LogP contribution in [-0.2, 0) is 13.1 Å². The van der Waals surface area contributed by atoms with Crippen molar-refractivity contribution in [3.8, 4) is 0 Å². The highest BCUT2D eigenvalue weighted by atomic mass is 16.3. The number of nitrogens with zero attached hydrogens (tertiary/aromatic N) is 4. The van der Waals surface area contributed by atoms with Crippen LogP contribution in [0.25, 0.3) is 11.0 Å². The molecule has 1 amide bonds. The van der Waals surface area contributed by atoms with Gasteiger partial charge in [-0.15, -0.1) is 0 Å². The van der Waals surface area contributed by atoms with E-state index in [1.165, 1.54) is 0 Å². The second-order valence-electron chi connectivity index (χ2n) is 7.10. The molecular weight excluding hydrogens is 316 g/mol. The Morgan fingerprint density at radius 1 is 1.40 bits per heavy atom. The van der Waals surface area contributed by atoms with Crippen LogP contribution in [0, 0.1) is 5.92 Å². The van der Waals surface area contributed by atoms with Crippen LogP contribution in [0.15, 0.2) is 41.3 Å². The molecule has 3 aromatic heterocycles. The lowest BCUT2D eigenvalue weighted by Crippen LogP contribution is -2.32. The van der Waals surface area contributed by atoms with Crippen LogP contribution in [0.5, 0.6) is 0 Å². The van der Waals surface area contributed by atoms with Crippen molar-refractivity contribution in [1.82, 2.24) is 19.7 Å². The van der Waals surface area contributed by atoms with Gasteiger partial charge in [0.15, 0.2) is 5.65 Å². The van der Waals surface area contributed by atoms with E-state index in [2.05, 4.69) is 23.9 Å². The van der Waals surface area contributed by atoms with E-state index in [-0.39, 0.29) is 5.91 Å². The number of amides is 1. The molecule has 1 aliphatic rings. The molecule has 1 aliphatic carbocycles. The van der Waals surface area contributed by atoms with Crippen molar-refractivity contribution in [2.75, 3.05) is 0 Å². The molecule has 4 rings (SSSR count). The molecule has 1 fully saturated rings. The van der Waals surface area contributed by atoms with Crippen LogP contribution in [0.3, 0.4) is 0 Å². The lowest BCUT2D eigenvalue weighted by atomic mass is 10.2. The maximum Gasteiger partial charge on any atom is 0.256 e. The average Bonchev–Trinajstić information content (AvgIpc) is 3.16. The lowest BCUT2D eigenvalue weighted by molar-refractivity contribution is 0.0717. The van der Waals surface area contributed by atoms with E-state index in [0.29, 0.717) is 24.1 Å². The molecule has 6 nitrogen and oxygen atoms in total. The lowest BCUT2D eigenvalue weighted by Gasteiger charge is -2.21. The fraction of sp³-hybridized carbons (Fsp3) is 0.421. The summed E-state index contributed by atoms with van der Waals surface area (Å²) in [4.78, 5) is 19.4. The predicted octanol–water partition coefficient (Wildman–Crippen LogP) is 3.49. The molecular formula is C19H22N4O2. The van der Waals surface area contributed by atoms with Crippen molar-refractivity contribution in [2.24, 2.45) is 5.92 Å². The van der Waals surface area contributed by atoms with Gasteiger partial charge in [-0.2, -0.15) is 5.10 Å². The Bertz CT molecular complexity index is 878. The molecule has 6 heteroatoms. The maximum absolute atomic E-state index is 13.0. The SMILES string of the molecule is CC(C)Cn1ncc2cc(C(=O)N(Cc3ccco3)C3CC3)cnc21. The molecule has 0 saturated heterocycles. The van der Waals surface area contributed by atoms with E-state index in [4.69, 9.17) is 4.42 Å². The highest BCUT2D eigenvalue weighted by molar-refractivity contribution is 5.97. The third kappa shape index (κ3) is 3.29. The minimum atomic E-state index is 0.00455. The molecule has 25 heavy (non-hydrogen) atoms. The highest BCUT2D eigenvalue weighted by Gasteiger charge is 2.33. The Hall–Kier alpha value is -2.63. The third-order valence-electron chi connectivity index (χ3n) is 4.42. The molecule has 0 radical (unpaired) electrons. The Balaban J connectivity index is 1.60. The van der Waals surface area contributed by atoms with Gasteiger partial charge in [0, 0.05) is 24.2 Å². The van der Waals surface area contributed by atoms with Crippen LogP contribution in [0.1, 0.15) is 42.8 Å². The predicted molar refractivity (Wildman–Crippen MR) is 94.0 cm³/mol. The van der Waals surface area contributed by atoms with E-state index in [1.807, 2.05) is 27.8 Å². The molecule has 0 atom stereocenters. The van der Waals surface area contributed by atoms with Crippen molar-refractivity contribution in [3.05, 3.63) is 48.2 Å². The number of pyridine rings is 1. The van der Waals surface area contributed by atoms with Crippen LogP contribution in [-0.4, -0.2) is 31.6 Å². The van der Waals surface area contributed by atoms with Crippen molar-refractivity contribution < 1.29 is 9.21 Å². The number of rotatable bonds is 6. The van der Waals surface area contributed by atoms with Gasteiger partial charge in [0.05, 0.1) is 24.6 Å². The van der Waals surface area contributed by atoms with Crippen LogP contribution < -0.4 is 0 Å². The molecule has 0 bridgehead atoms. The fourth-order valence-electron chi connectivity index (χ4n) is 3.06. The van der Waals surface area contributed by atoms with Gasteiger partial charge >= 0.3 is 0 Å². The average molecular weight is 338 g/mol. The quantitative estimate of drug-likeness (QED) is 0.690. The number of fused-ring (bicyclic) bond motifs is 1. The number of carbonyl (C=O) groups excluding carboxylic acids is 1. The second-order valence-corrected chi connectivity index (χ2v) is 7.10. The largest absolute Gasteiger partial charge is 0.467 e. The number of carbonyl (C=O) groups is 1. The first-order valence-electron chi connectivity index (χ1n) is 8.76. The van der Waals surface area contributed by atoms with Crippen LogP contribution in [0.2, 0.25) is 0 Å². The number of furan rings is 1. The van der Waals surface area contributed by atoms with E-state index >= 15 is 0 Å². The van der Waals surface area contributed by atoms with E-state index < -0.39 is 0 Å². The summed E-state index contributed by atoms with van der Waals surface area (Å²) in [6.45, 7) is 5.61. The van der Waals surface area contributed by atoms with E-state index in [0.717, 1.165) is 36.2 Å². The summed E-state index contributed by atoms with van der Waals surface area (Å²) in [5, 5.41) is 5.31. The number of aromatic nitrogens is 3. The van der Waals surface area contributed by atoms with E-state index in [9.17, 15) is 4.79 Å². The summed E-state index contributed by atoms with van der Waals surface area (Å²) >= 11 is 0. The molecule has 3 heterocycles. The normalized spacial score (nSPS) is 14.4. The summed E-state index contributed by atoms with van der Waals surface area (Å²) in [7, 11) is 0. The first-order valence-corrected chi connectivity index (χ1v) is 8.76. The summed E-state index contributed by atoms with van der Waals surface area (Å²) < 4.78 is 7.31. The zero-order valence-corrected chi connectivity index (χ0v) is 14.6. The highest BCUT2D eigenvalue weighted by Crippen LogP contribution is 2.30. The zero-order valence-electron chi connectivity index (χ0n) is 14.6. The van der Waals surface area contributed by atoms with Gasteiger partial charge in [0.2, 0.25) is 0 Å². The van der Waals surface area contributed by atoms with Crippen molar-refractivity contribution in [2.45, 2.75) is 45.8 Å². The number of hydrogen-bond acceptors (Lipinski definition) is 4. The topological polar surface area (TPSA) is 64.2 Å². The molecule has 0 aliphatic heterocycles. The Labute approximate surface area is 146 Å². The molecule has 0 N–H and O–H groups in total. The third-order valence-corrected chi connectivity index (χ3v) is 4.42. The Morgan fingerprint density at radius 2 is 2.24 bits per heavy atom. The second kappa shape index (κ2) is 6.35. The summed E-state index contributed by atoms with van der Waals surface area (Å²) in [6.07, 6.45) is 7.20. The van der Waals surface area contributed by atoms with Gasteiger partial charge in [-0.05, 0) is 37.0 Å². The molecule has 130 valence electrons. The fourth-order valence-corrected chi connectivity index (χ4v) is 3.06. The van der Waals surface area contributed by atoms with Crippen LogP contribution >= 0.6 is 0 Å². The molecule has 1 saturated carbocycles. The monoisotopic (exact) mass is 338 g/mol. The maximum atomic E-state index is 13.0. The summed E-state index contributed by atoms with van der Waals surface area (Å²) in [6, 6.07) is 5.95. The van der Waals surface area contributed by atoms with Crippen molar-refractivity contribution in [1.29, 1.82) is 0 Å². The summed E-state index contributed by atoms with van der Waals surface area (Å²) in [5.74, 6) is 1.30. The van der Waals surface area contributed by atoms with Gasteiger partial charge in [-0.3, -0.25) is 4.79 Å². The van der Waals surface area contributed by atoms with Crippen molar-refractivity contribution >= 4 is 16.9 Å². The standard InChI is InChI=1S/C19H22N4O2/c1-13(2)11-23-18-14(10-21-23)8-15(9-20-18)19(24)22(16-5-6-16)12-17-4-3-7-25-17/h3-4,7-10,13,16H,5-6,11-12H2,1-2H3. The van der Waals surface area contributed by atoms with Gasteiger partial charge < -0.3 is 9.32 Å². The molecule has 3 aromatic rings.